The first-order valence-electron chi connectivity index (χ1n) is 8.43. The summed E-state index contributed by atoms with van der Waals surface area (Å²) in [4.78, 5) is 17.8. The Bertz CT molecular complexity index is 696. The molecule has 1 aromatic rings. The van der Waals surface area contributed by atoms with E-state index in [2.05, 4.69) is 4.85 Å². The van der Waals surface area contributed by atoms with E-state index in [1.807, 2.05) is 65.0 Å². The van der Waals surface area contributed by atoms with Crippen LogP contribution in [0.1, 0.15) is 46.6 Å². The van der Waals surface area contributed by atoms with Gasteiger partial charge in [-0.1, -0.05) is 36.4 Å². The first-order chi connectivity index (χ1) is 11.6. The second kappa shape index (κ2) is 7.28. The summed E-state index contributed by atoms with van der Waals surface area (Å²) in [6.07, 6.45) is 4.17. The summed E-state index contributed by atoms with van der Waals surface area (Å²) in [7, 11) is 0. The van der Waals surface area contributed by atoms with Crippen LogP contribution >= 0.6 is 0 Å². The summed E-state index contributed by atoms with van der Waals surface area (Å²) in [6, 6.07) is 7.36. The Labute approximate surface area is 150 Å². The van der Waals surface area contributed by atoms with E-state index in [4.69, 9.17) is 16.0 Å². The Hall–Kier alpha value is -2.32. The average Bonchev–Trinajstić information content (AvgIpc) is 2.81. The van der Waals surface area contributed by atoms with Crippen molar-refractivity contribution in [1.29, 1.82) is 0 Å². The largest absolute Gasteiger partial charge is 0.444 e. The summed E-state index contributed by atoms with van der Waals surface area (Å²) in [6.45, 7) is 17.0. The topological polar surface area (TPSA) is 43.1 Å². The highest BCUT2D eigenvalue weighted by atomic mass is 16.6. The molecule has 1 heterocycles. The number of amides is 1. The molecule has 1 atom stereocenters. The summed E-state index contributed by atoms with van der Waals surface area (Å²) >= 11 is 0. The van der Waals surface area contributed by atoms with Crippen LogP contribution in [0.25, 0.3) is 10.9 Å². The maximum atomic E-state index is 12.6. The Morgan fingerprint density at radius 3 is 2.76 bits per heavy atom. The van der Waals surface area contributed by atoms with Crippen LogP contribution in [0.3, 0.4) is 0 Å². The van der Waals surface area contributed by atoms with Crippen LogP contribution in [0, 0.1) is 6.57 Å². The second-order valence-corrected chi connectivity index (χ2v) is 7.57. The fourth-order valence-electron chi connectivity index (χ4n) is 2.82. The summed E-state index contributed by atoms with van der Waals surface area (Å²) < 4.78 is 11.3. The van der Waals surface area contributed by atoms with Gasteiger partial charge >= 0.3 is 6.09 Å². The predicted molar refractivity (Wildman–Crippen MR) is 98.2 cm³/mol. The van der Waals surface area contributed by atoms with Crippen LogP contribution in [-0.2, 0) is 9.47 Å². The molecule has 1 aliphatic heterocycles. The van der Waals surface area contributed by atoms with Gasteiger partial charge in [0.05, 0.1) is 19.2 Å². The minimum absolute atomic E-state index is 0.0961. The third-order valence-electron chi connectivity index (χ3n) is 3.93. The quantitative estimate of drug-likeness (QED) is 0.725. The molecule has 1 amide bonds. The first kappa shape index (κ1) is 19.0. The highest BCUT2D eigenvalue weighted by Gasteiger charge is 2.45. The molecule has 5 nitrogen and oxygen atoms in total. The van der Waals surface area contributed by atoms with Crippen molar-refractivity contribution in [2.45, 2.75) is 58.4 Å². The lowest BCUT2D eigenvalue weighted by atomic mass is 10.1. The van der Waals surface area contributed by atoms with E-state index in [9.17, 15) is 4.79 Å². The van der Waals surface area contributed by atoms with Gasteiger partial charge in [-0.2, -0.15) is 0 Å². The number of nitrogens with zero attached hydrogens (tertiary/aromatic N) is 2. The molecule has 0 unspecified atom stereocenters. The maximum Gasteiger partial charge on any atom is 0.412 e. The first-order valence-corrected chi connectivity index (χ1v) is 8.43. The van der Waals surface area contributed by atoms with Gasteiger partial charge in [0, 0.05) is 0 Å². The number of para-hydroxylation sites is 1. The average molecular weight is 342 g/mol. The van der Waals surface area contributed by atoms with Crippen molar-refractivity contribution in [1.82, 2.24) is 4.90 Å². The molecule has 0 N–H and O–H groups in total. The zero-order chi connectivity index (χ0) is 18.7. The van der Waals surface area contributed by atoms with Crippen LogP contribution < -0.4 is 0 Å². The lowest BCUT2D eigenvalue weighted by Crippen LogP contribution is -2.49. The van der Waals surface area contributed by atoms with E-state index in [0.717, 1.165) is 5.56 Å². The summed E-state index contributed by atoms with van der Waals surface area (Å²) in [5.74, 6) is 0. The van der Waals surface area contributed by atoms with Gasteiger partial charge in [-0.25, -0.2) is 9.64 Å². The number of carbonyl (C=O) groups excluding carboxylic acids is 1. The molecule has 1 fully saturated rings. The van der Waals surface area contributed by atoms with Gasteiger partial charge in [0.15, 0.2) is 5.69 Å². The molecule has 5 heteroatoms. The van der Waals surface area contributed by atoms with Crippen molar-refractivity contribution >= 4 is 17.9 Å². The Balaban J connectivity index is 2.11. The Kier molecular flexibility index (Phi) is 5.54. The number of carbonyl (C=O) groups is 1. The van der Waals surface area contributed by atoms with E-state index in [0.29, 0.717) is 18.7 Å². The molecule has 134 valence electrons. The monoisotopic (exact) mass is 342 g/mol. The highest BCUT2D eigenvalue weighted by Crippen LogP contribution is 2.31. The van der Waals surface area contributed by atoms with Crippen molar-refractivity contribution in [2.75, 3.05) is 6.61 Å². The maximum absolute atomic E-state index is 12.6. The van der Waals surface area contributed by atoms with Gasteiger partial charge in [-0.3, -0.25) is 4.90 Å². The minimum atomic E-state index is -0.699. The van der Waals surface area contributed by atoms with Gasteiger partial charge in [0.25, 0.3) is 0 Å². The molecular formula is C20H26N2O3. The van der Waals surface area contributed by atoms with Crippen LogP contribution in [0.15, 0.2) is 30.3 Å². The lowest BCUT2D eigenvalue weighted by molar-refractivity contribution is -0.0623. The number of ether oxygens (including phenoxy) is 2. The summed E-state index contributed by atoms with van der Waals surface area (Å²) in [5.41, 5.74) is 0.241. The lowest BCUT2D eigenvalue weighted by Gasteiger charge is -2.34. The Morgan fingerprint density at radius 1 is 1.44 bits per heavy atom. The van der Waals surface area contributed by atoms with Crippen LogP contribution in [0.2, 0.25) is 0 Å². The zero-order valence-electron chi connectivity index (χ0n) is 15.6. The number of benzene rings is 1. The van der Waals surface area contributed by atoms with Crippen molar-refractivity contribution in [3.05, 3.63) is 47.3 Å². The van der Waals surface area contributed by atoms with E-state index in [-0.39, 0.29) is 12.1 Å². The molecule has 0 bridgehead atoms. The fourth-order valence-corrected chi connectivity index (χ4v) is 2.82. The highest BCUT2D eigenvalue weighted by molar-refractivity contribution is 5.70. The third-order valence-corrected chi connectivity index (χ3v) is 3.93. The molecule has 2 rings (SSSR count). The summed E-state index contributed by atoms with van der Waals surface area (Å²) in [5, 5.41) is 0. The van der Waals surface area contributed by atoms with Crippen molar-refractivity contribution < 1.29 is 14.3 Å². The van der Waals surface area contributed by atoms with E-state index in [1.54, 1.807) is 11.0 Å². The van der Waals surface area contributed by atoms with Crippen LogP contribution in [0.5, 0.6) is 0 Å². The molecule has 0 aromatic heterocycles. The third kappa shape index (κ3) is 4.83. The van der Waals surface area contributed by atoms with Gasteiger partial charge in [-0.05, 0) is 46.6 Å². The molecular weight excluding hydrogens is 316 g/mol. The normalized spacial score (nSPS) is 19.8. The molecule has 0 saturated carbocycles. The standard InChI is InChI=1S/C20H26N2O3/c1-19(2,3)25-18(23)22-16(14-24-20(22,4)5)12-9-11-15-10-7-8-13-17(15)21-6/h7-11,13,16H,12,14H2,1-5H3/b11-9+/t16-/m0/s1. The molecule has 0 spiro atoms. The number of hydrogen-bond acceptors (Lipinski definition) is 3. The number of hydrogen-bond donors (Lipinski definition) is 0. The molecule has 1 saturated heterocycles. The van der Waals surface area contributed by atoms with Gasteiger partial charge in [-0.15, -0.1) is 0 Å². The van der Waals surface area contributed by atoms with Crippen molar-refractivity contribution in [3.63, 3.8) is 0 Å². The van der Waals surface area contributed by atoms with Crippen molar-refractivity contribution in [2.24, 2.45) is 0 Å². The van der Waals surface area contributed by atoms with E-state index in [1.165, 1.54) is 0 Å². The number of rotatable bonds is 3. The smallest absolute Gasteiger partial charge is 0.412 e. The molecule has 1 aliphatic rings. The van der Waals surface area contributed by atoms with Gasteiger partial charge in [0.1, 0.15) is 11.3 Å². The van der Waals surface area contributed by atoms with E-state index >= 15 is 0 Å². The Morgan fingerprint density at radius 2 is 2.12 bits per heavy atom. The van der Waals surface area contributed by atoms with Crippen LogP contribution in [0.4, 0.5) is 10.5 Å². The fraction of sp³-hybridized carbons (Fsp3) is 0.500. The van der Waals surface area contributed by atoms with Gasteiger partial charge in [0.2, 0.25) is 0 Å². The molecule has 0 radical (unpaired) electrons. The SMILES string of the molecule is [C-]#[N+]c1ccccc1/C=C/C[C@H]1COC(C)(C)N1C(=O)OC(C)(C)C. The van der Waals surface area contributed by atoms with Crippen molar-refractivity contribution in [3.8, 4) is 0 Å². The molecule has 1 aromatic carbocycles. The molecule has 25 heavy (non-hydrogen) atoms. The van der Waals surface area contributed by atoms with Gasteiger partial charge < -0.3 is 9.47 Å². The van der Waals surface area contributed by atoms with Crippen LogP contribution in [-0.4, -0.2) is 35.0 Å². The molecule has 0 aliphatic carbocycles. The minimum Gasteiger partial charge on any atom is -0.444 e. The van der Waals surface area contributed by atoms with E-state index < -0.39 is 11.3 Å². The zero-order valence-corrected chi connectivity index (χ0v) is 15.6. The second-order valence-electron chi connectivity index (χ2n) is 7.57. The predicted octanol–water partition coefficient (Wildman–Crippen LogP) is 5.01.